The van der Waals surface area contributed by atoms with Gasteiger partial charge in [0.15, 0.2) is 0 Å². The summed E-state index contributed by atoms with van der Waals surface area (Å²) in [5, 5.41) is 12.5. The lowest BCUT2D eigenvalue weighted by molar-refractivity contribution is -0.117. The Morgan fingerprint density at radius 3 is 2.71 bits per heavy atom. The molecule has 0 radical (unpaired) electrons. The minimum atomic E-state index is -0.518. The molecule has 150 valence electrons. The zero-order valence-corrected chi connectivity index (χ0v) is 17.0. The van der Waals surface area contributed by atoms with Crippen molar-refractivity contribution in [2.45, 2.75) is 37.2 Å². The molecule has 7 heteroatoms. The molecule has 2 unspecified atom stereocenters. The molecule has 0 spiro atoms. The van der Waals surface area contributed by atoms with Crippen LogP contribution in [0.4, 0.5) is 0 Å². The summed E-state index contributed by atoms with van der Waals surface area (Å²) in [4.78, 5) is 30.0. The maximum Gasteiger partial charge on any atom is 0.257 e. The molecule has 1 fully saturated rings. The molecule has 2 atom stereocenters. The van der Waals surface area contributed by atoms with Gasteiger partial charge in [-0.05, 0) is 49.6 Å². The van der Waals surface area contributed by atoms with E-state index < -0.39 is 5.44 Å². The van der Waals surface area contributed by atoms with Crippen LogP contribution in [0.5, 0.6) is 0 Å². The molecule has 3 heterocycles. The Morgan fingerprint density at radius 2 is 1.96 bits per heavy atom. The van der Waals surface area contributed by atoms with Crippen molar-refractivity contribution >= 4 is 23.6 Å². The van der Waals surface area contributed by atoms with E-state index in [1.807, 2.05) is 11.0 Å². The number of likely N-dealkylation sites (N-methyl/N-ethyl adjacent to an activating group) is 1. The van der Waals surface area contributed by atoms with Crippen molar-refractivity contribution in [3.63, 3.8) is 0 Å². The van der Waals surface area contributed by atoms with E-state index >= 15 is 0 Å². The molecular weight excluding hydrogens is 374 g/mol. The number of rotatable bonds is 3. The lowest BCUT2D eigenvalue weighted by Gasteiger charge is -2.18. The van der Waals surface area contributed by atoms with E-state index in [0.29, 0.717) is 24.4 Å². The molecular formula is C21H27N3O3S. The minimum absolute atomic E-state index is 0.0369. The molecule has 2 amide bonds. The van der Waals surface area contributed by atoms with E-state index in [1.54, 1.807) is 6.08 Å². The lowest BCUT2D eigenvalue weighted by Crippen LogP contribution is -2.38. The quantitative estimate of drug-likeness (QED) is 0.801. The van der Waals surface area contributed by atoms with Crippen molar-refractivity contribution in [1.29, 1.82) is 0 Å². The maximum absolute atomic E-state index is 13.0. The largest absolute Gasteiger partial charge is 0.382 e. The monoisotopic (exact) mass is 401 g/mol. The summed E-state index contributed by atoms with van der Waals surface area (Å²) in [5.41, 5.74) is 2.85. The van der Waals surface area contributed by atoms with Crippen molar-refractivity contribution in [2.24, 2.45) is 0 Å². The number of likely N-dealkylation sites (tertiary alicyclic amines) is 1. The van der Waals surface area contributed by atoms with Crippen LogP contribution in [-0.2, 0) is 17.6 Å². The zero-order valence-electron chi connectivity index (χ0n) is 16.2. The first kappa shape index (κ1) is 19.5. The summed E-state index contributed by atoms with van der Waals surface area (Å²) >= 11 is 1.20. The fraction of sp³-hybridized carbons (Fsp3) is 0.524. The number of benzene rings is 1. The second-order valence-corrected chi connectivity index (χ2v) is 9.09. The van der Waals surface area contributed by atoms with Gasteiger partial charge in [0.05, 0.1) is 4.91 Å². The highest BCUT2D eigenvalue weighted by molar-refractivity contribution is 8.04. The standard InChI is InChI=1S/C21H27N3O3S/c1-23-9-6-14-2-3-16(12-15(14)7-10-23)21(27)24-11-8-17(13-24)22-20(26)18-4-5-19(25)28-18/h2-4,12,17,19,25H,5-11,13H2,1H3,(H,22,26). The highest BCUT2D eigenvalue weighted by Crippen LogP contribution is 2.30. The summed E-state index contributed by atoms with van der Waals surface area (Å²) < 4.78 is 0. The van der Waals surface area contributed by atoms with Gasteiger partial charge in [0.2, 0.25) is 0 Å². The first-order valence-electron chi connectivity index (χ1n) is 9.95. The first-order valence-corrected chi connectivity index (χ1v) is 10.8. The van der Waals surface area contributed by atoms with Crippen LogP contribution in [0.1, 0.15) is 34.3 Å². The van der Waals surface area contributed by atoms with E-state index in [2.05, 4.69) is 29.4 Å². The van der Waals surface area contributed by atoms with Crippen LogP contribution in [0.2, 0.25) is 0 Å². The Balaban J connectivity index is 1.36. The van der Waals surface area contributed by atoms with Crippen LogP contribution in [0, 0.1) is 0 Å². The van der Waals surface area contributed by atoms with Crippen LogP contribution in [-0.4, -0.2) is 71.4 Å². The van der Waals surface area contributed by atoms with E-state index in [9.17, 15) is 14.7 Å². The lowest BCUT2D eigenvalue weighted by atomic mass is 9.99. The Hall–Kier alpha value is -1.83. The van der Waals surface area contributed by atoms with E-state index in [4.69, 9.17) is 0 Å². The number of amides is 2. The van der Waals surface area contributed by atoms with Gasteiger partial charge in [-0.25, -0.2) is 0 Å². The summed E-state index contributed by atoms with van der Waals surface area (Å²) in [7, 11) is 2.14. The van der Waals surface area contributed by atoms with Gasteiger partial charge >= 0.3 is 0 Å². The number of hydrogen-bond acceptors (Lipinski definition) is 5. The van der Waals surface area contributed by atoms with Gasteiger partial charge in [-0.1, -0.05) is 23.9 Å². The molecule has 2 N–H and O–H groups in total. The van der Waals surface area contributed by atoms with Gasteiger partial charge in [-0.2, -0.15) is 0 Å². The zero-order chi connectivity index (χ0) is 19.7. The van der Waals surface area contributed by atoms with Gasteiger partial charge in [0, 0.05) is 44.2 Å². The van der Waals surface area contributed by atoms with Crippen LogP contribution in [0.3, 0.4) is 0 Å². The number of carbonyl (C=O) groups is 2. The number of fused-ring (bicyclic) bond motifs is 1. The number of carbonyl (C=O) groups excluding carboxylic acids is 2. The van der Waals surface area contributed by atoms with Crippen molar-refractivity contribution in [2.75, 3.05) is 33.2 Å². The number of aliphatic hydroxyl groups is 1. The van der Waals surface area contributed by atoms with Crippen LogP contribution in [0.25, 0.3) is 0 Å². The normalized spacial score (nSPS) is 25.2. The summed E-state index contributed by atoms with van der Waals surface area (Å²) in [6.07, 6.45) is 5.05. The Labute approximate surface area is 170 Å². The fourth-order valence-electron chi connectivity index (χ4n) is 4.07. The third-order valence-electron chi connectivity index (χ3n) is 5.78. The molecule has 1 aromatic carbocycles. The average molecular weight is 402 g/mol. The van der Waals surface area contributed by atoms with Crippen LogP contribution in [0.15, 0.2) is 29.2 Å². The number of hydrogen-bond donors (Lipinski definition) is 2. The van der Waals surface area contributed by atoms with Crippen molar-refractivity contribution in [3.8, 4) is 0 Å². The van der Waals surface area contributed by atoms with Gasteiger partial charge < -0.3 is 20.2 Å². The van der Waals surface area contributed by atoms with Crippen LogP contribution >= 0.6 is 11.8 Å². The third-order valence-corrected chi connectivity index (χ3v) is 6.85. The molecule has 28 heavy (non-hydrogen) atoms. The highest BCUT2D eigenvalue weighted by Gasteiger charge is 2.30. The smallest absolute Gasteiger partial charge is 0.257 e. The van der Waals surface area contributed by atoms with Crippen molar-refractivity contribution in [3.05, 3.63) is 45.9 Å². The molecule has 0 bridgehead atoms. The predicted octanol–water partition coefficient (Wildman–Crippen LogP) is 1.39. The van der Waals surface area contributed by atoms with E-state index in [-0.39, 0.29) is 17.9 Å². The molecule has 3 aliphatic rings. The number of nitrogens with one attached hydrogen (secondary N) is 1. The van der Waals surface area contributed by atoms with Gasteiger partial charge in [0.25, 0.3) is 11.8 Å². The second kappa shape index (κ2) is 8.27. The fourth-order valence-corrected chi connectivity index (χ4v) is 4.91. The molecule has 1 saturated heterocycles. The Bertz CT molecular complexity index is 810. The van der Waals surface area contributed by atoms with Gasteiger partial charge in [0.1, 0.15) is 5.44 Å². The van der Waals surface area contributed by atoms with Gasteiger partial charge in [-0.15, -0.1) is 0 Å². The third kappa shape index (κ3) is 4.26. The number of thioether (sulfide) groups is 1. The maximum atomic E-state index is 13.0. The van der Waals surface area contributed by atoms with Gasteiger partial charge in [-0.3, -0.25) is 9.59 Å². The Morgan fingerprint density at radius 1 is 1.18 bits per heavy atom. The molecule has 6 nitrogen and oxygen atoms in total. The SMILES string of the molecule is CN1CCc2ccc(C(=O)N3CCC(NC(=O)C4=CCC(O)S4)C3)cc2CC1. The second-order valence-electron chi connectivity index (χ2n) is 7.87. The van der Waals surface area contributed by atoms with Crippen molar-refractivity contribution < 1.29 is 14.7 Å². The predicted molar refractivity (Wildman–Crippen MR) is 110 cm³/mol. The number of aliphatic hydroxyl groups excluding tert-OH is 1. The molecule has 0 aliphatic carbocycles. The molecule has 0 saturated carbocycles. The Kier molecular flexibility index (Phi) is 5.75. The molecule has 0 aromatic heterocycles. The summed E-state index contributed by atoms with van der Waals surface area (Å²) in [5.74, 6) is -0.1000. The summed E-state index contributed by atoms with van der Waals surface area (Å²) in [6, 6.07) is 6.07. The van der Waals surface area contributed by atoms with Crippen molar-refractivity contribution in [1.82, 2.24) is 15.1 Å². The number of nitrogens with zero attached hydrogens (tertiary/aromatic N) is 2. The molecule has 3 aliphatic heterocycles. The highest BCUT2D eigenvalue weighted by atomic mass is 32.2. The van der Waals surface area contributed by atoms with E-state index in [0.717, 1.165) is 37.9 Å². The molecule has 1 aromatic rings. The summed E-state index contributed by atoms with van der Waals surface area (Å²) in [6.45, 7) is 3.26. The van der Waals surface area contributed by atoms with Crippen LogP contribution < -0.4 is 5.32 Å². The molecule has 4 rings (SSSR count). The first-order chi connectivity index (χ1) is 13.5. The minimum Gasteiger partial charge on any atom is -0.382 e. The van der Waals surface area contributed by atoms with E-state index in [1.165, 1.54) is 22.9 Å². The topological polar surface area (TPSA) is 72.9 Å². The average Bonchev–Trinajstić information content (AvgIpc) is 3.29.